The van der Waals surface area contributed by atoms with Crippen molar-refractivity contribution in [1.82, 2.24) is 5.32 Å². The molecule has 0 aliphatic carbocycles. The molecule has 0 aromatic heterocycles. The average Bonchev–Trinajstić information content (AvgIpc) is 2.66. The molecule has 27 heavy (non-hydrogen) atoms. The van der Waals surface area contributed by atoms with Crippen molar-refractivity contribution in [2.45, 2.75) is 19.8 Å². The molecule has 0 saturated carbocycles. The van der Waals surface area contributed by atoms with Gasteiger partial charge in [-0.25, -0.2) is 0 Å². The highest BCUT2D eigenvalue weighted by molar-refractivity contribution is 6.30. The summed E-state index contributed by atoms with van der Waals surface area (Å²) in [6.45, 7) is 1.76. The summed E-state index contributed by atoms with van der Waals surface area (Å²) in [5.41, 5.74) is 2.48. The van der Waals surface area contributed by atoms with Crippen LogP contribution in [-0.2, 0) is 16.0 Å². The van der Waals surface area contributed by atoms with Gasteiger partial charge < -0.3 is 20.1 Å². The molecular formula is C20H23ClN2O4. The molecule has 7 heteroatoms. The van der Waals surface area contributed by atoms with Gasteiger partial charge in [0.25, 0.3) is 0 Å². The second-order valence-corrected chi connectivity index (χ2v) is 6.41. The molecule has 0 spiro atoms. The van der Waals surface area contributed by atoms with Crippen molar-refractivity contribution in [2.24, 2.45) is 0 Å². The Labute approximate surface area is 163 Å². The number of hydrogen-bond donors (Lipinski definition) is 2. The van der Waals surface area contributed by atoms with Crippen LogP contribution in [0.15, 0.2) is 36.4 Å². The van der Waals surface area contributed by atoms with Crippen LogP contribution < -0.4 is 20.1 Å². The predicted molar refractivity (Wildman–Crippen MR) is 106 cm³/mol. The van der Waals surface area contributed by atoms with Crippen LogP contribution >= 0.6 is 11.6 Å². The molecule has 144 valence electrons. The summed E-state index contributed by atoms with van der Waals surface area (Å²) in [6.07, 6.45) is 0.798. The van der Waals surface area contributed by atoms with E-state index in [1.165, 1.54) is 0 Å². The van der Waals surface area contributed by atoms with E-state index in [-0.39, 0.29) is 24.8 Å². The van der Waals surface area contributed by atoms with Gasteiger partial charge in [-0.2, -0.15) is 0 Å². The minimum atomic E-state index is -0.292. The SMILES string of the molecule is COc1ccc(CCC(=O)NCC(=O)Nc2ccc(Cl)cc2C)cc1OC. The zero-order valence-corrected chi connectivity index (χ0v) is 16.4. The van der Waals surface area contributed by atoms with Crippen molar-refractivity contribution in [3.8, 4) is 11.5 Å². The van der Waals surface area contributed by atoms with Crippen LogP contribution in [0.5, 0.6) is 11.5 Å². The first kappa shape index (κ1) is 20.6. The zero-order valence-electron chi connectivity index (χ0n) is 15.6. The van der Waals surface area contributed by atoms with E-state index in [1.54, 1.807) is 38.5 Å². The molecule has 0 fully saturated rings. The summed E-state index contributed by atoms with van der Waals surface area (Å²) in [5, 5.41) is 5.98. The average molecular weight is 391 g/mol. The highest BCUT2D eigenvalue weighted by atomic mass is 35.5. The van der Waals surface area contributed by atoms with Crippen LogP contribution in [0.2, 0.25) is 5.02 Å². The number of ether oxygens (including phenoxy) is 2. The molecule has 0 aliphatic rings. The summed E-state index contributed by atoms with van der Waals surface area (Å²) in [6, 6.07) is 10.7. The van der Waals surface area contributed by atoms with Crippen LogP contribution in [0.25, 0.3) is 0 Å². The number of carbonyl (C=O) groups is 2. The Balaban J connectivity index is 1.79. The van der Waals surface area contributed by atoms with Crippen molar-refractivity contribution >= 4 is 29.1 Å². The lowest BCUT2D eigenvalue weighted by molar-refractivity contribution is -0.124. The minimum Gasteiger partial charge on any atom is -0.493 e. The third-order valence-electron chi connectivity index (χ3n) is 4.00. The van der Waals surface area contributed by atoms with Gasteiger partial charge in [0, 0.05) is 17.1 Å². The second-order valence-electron chi connectivity index (χ2n) is 5.97. The number of halogens is 1. The number of methoxy groups -OCH3 is 2. The molecule has 6 nitrogen and oxygen atoms in total. The minimum absolute atomic E-state index is 0.0904. The molecule has 0 radical (unpaired) electrons. The fraction of sp³-hybridized carbons (Fsp3) is 0.300. The van der Waals surface area contributed by atoms with E-state index >= 15 is 0 Å². The first-order valence-electron chi connectivity index (χ1n) is 8.46. The largest absolute Gasteiger partial charge is 0.493 e. The monoisotopic (exact) mass is 390 g/mol. The summed E-state index contributed by atoms with van der Waals surface area (Å²) in [4.78, 5) is 24.0. The van der Waals surface area contributed by atoms with Gasteiger partial charge in [-0.05, 0) is 54.8 Å². The Bertz CT molecular complexity index is 824. The molecule has 2 N–H and O–H groups in total. The van der Waals surface area contributed by atoms with Gasteiger partial charge in [-0.3, -0.25) is 9.59 Å². The van der Waals surface area contributed by atoms with E-state index in [4.69, 9.17) is 21.1 Å². The zero-order chi connectivity index (χ0) is 19.8. The topological polar surface area (TPSA) is 76.7 Å². The maximum absolute atomic E-state index is 12.0. The van der Waals surface area contributed by atoms with Gasteiger partial charge >= 0.3 is 0 Å². The number of amides is 2. The van der Waals surface area contributed by atoms with Crippen LogP contribution in [-0.4, -0.2) is 32.6 Å². The first-order chi connectivity index (χ1) is 12.9. The lowest BCUT2D eigenvalue weighted by atomic mass is 10.1. The Morgan fingerprint density at radius 1 is 1.00 bits per heavy atom. The van der Waals surface area contributed by atoms with Crippen molar-refractivity contribution in [3.05, 3.63) is 52.5 Å². The Morgan fingerprint density at radius 2 is 1.74 bits per heavy atom. The summed E-state index contributed by atoms with van der Waals surface area (Å²) in [5.74, 6) is 0.764. The van der Waals surface area contributed by atoms with E-state index in [0.717, 1.165) is 11.1 Å². The molecule has 0 heterocycles. The number of anilines is 1. The van der Waals surface area contributed by atoms with Crippen LogP contribution in [0, 0.1) is 6.92 Å². The van der Waals surface area contributed by atoms with Crippen LogP contribution in [0.4, 0.5) is 5.69 Å². The molecule has 2 amide bonds. The van der Waals surface area contributed by atoms with Crippen molar-refractivity contribution in [3.63, 3.8) is 0 Å². The van der Waals surface area contributed by atoms with E-state index in [2.05, 4.69) is 10.6 Å². The van der Waals surface area contributed by atoms with Gasteiger partial charge in [0.1, 0.15) is 0 Å². The van der Waals surface area contributed by atoms with Crippen LogP contribution in [0.3, 0.4) is 0 Å². The molecule has 0 atom stereocenters. The lowest BCUT2D eigenvalue weighted by Crippen LogP contribution is -2.33. The predicted octanol–water partition coefficient (Wildman–Crippen LogP) is 3.35. The standard InChI is InChI=1S/C20H23ClN2O4/c1-13-10-15(21)6-7-16(13)23-20(25)12-22-19(24)9-5-14-4-8-17(26-2)18(11-14)27-3/h4,6-8,10-11H,5,9,12H2,1-3H3,(H,22,24)(H,23,25). The van der Waals surface area contributed by atoms with Crippen LogP contribution in [0.1, 0.15) is 17.5 Å². The fourth-order valence-electron chi connectivity index (χ4n) is 2.52. The number of benzene rings is 2. The van der Waals surface area contributed by atoms with Crippen molar-refractivity contribution in [2.75, 3.05) is 26.1 Å². The third-order valence-corrected chi connectivity index (χ3v) is 4.23. The van der Waals surface area contributed by atoms with E-state index < -0.39 is 0 Å². The van der Waals surface area contributed by atoms with Gasteiger partial charge in [0.2, 0.25) is 11.8 Å². The van der Waals surface area contributed by atoms with E-state index in [1.807, 2.05) is 19.1 Å². The van der Waals surface area contributed by atoms with Gasteiger partial charge in [0.05, 0.1) is 20.8 Å². The van der Waals surface area contributed by atoms with Crippen molar-refractivity contribution in [1.29, 1.82) is 0 Å². The highest BCUT2D eigenvalue weighted by Gasteiger charge is 2.09. The number of carbonyl (C=O) groups excluding carboxylic acids is 2. The molecular weight excluding hydrogens is 368 g/mol. The molecule has 0 unspecified atom stereocenters. The highest BCUT2D eigenvalue weighted by Crippen LogP contribution is 2.27. The Hall–Kier alpha value is -2.73. The second kappa shape index (κ2) is 9.83. The maximum atomic E-state index is 12.0. The van der Waals surface area contributed by atoms with Gasteiger partial charge in [-0.15, -0.1) is 0 Å². The summed E-state index contributed by atoms with van der Waals surface area (Å²) < 4.78 is 10.4. The molecule has 2 aromatic rings. The quantitative estimate of drug-likeness (QED) is 0.724. The molecule has 0 bridgehead atoms. The van der Waals surface area contributed by atoms with Gasteiger partial charge in [0.15, 0.2) is 11.5 Å². The molecule has 2 rings (SSSR count). The summed E-state index contributed by atoms with van der Waals surface area (Å²) in [7, 11) is 3.14. The van der Waals surface area contributed by atoms with Gasteiger partial charge in [-0.1, -0.05) is 17.7 Å². The molecule has 0 saturated heterocycles. The molecule has 0 aliphatic heterocycles. The Morgan fingerprint density at radius 3 is 2.41 bits per heavy atom. The smallest absolute Gasteiger partial charge is 0.243 e. The third kappa shape index (κ3) is 6.18. The van der Waals surface area contributed by atoms with E-state index in [9.17, 15) is 9.59 Å². The summed E-state index contributed by atoms with van der Waals surface area (Å²) >= 11 is 5.89. The van der Waals surface area contributed by atoms with Crippen molar-refractivity contribution < 1.29 is 19.1 Å². The number of aryl methyl sites for hydroxylation is 2. The first-order valence-corrected chi connectivity index (χ1v) is 8.84. The Kier molecular flexibility index (Phi) is 7.49. The number of hydrogen-bond acceptors (Lipinski definition) is 4. The number of nitrogens with one attached hydrogen (secondary N) is 2. The number of rotatable bonds is 8. The van der Waals surface area contributed by atoms with E-state index in [0.29, 0.717) is 28.6 Å². The lowest BCUT2D eigenvalue weighted by Gasteiger charge is -2.11. The fourth-order valence-corrected chi connectivity index (χ4v) is 2.75. The normalized spacial score (nSPS) is 10.2. The molecule has 2 aromatic carbocycles. The maximum Gasteiger partial charge on any atom is 0.243 e.